The van der Waals surface area contributed by atoms with Gasteiger partial charge in [0.2, 0.25) is 12.7 Å². The number of nitrogens with two attached hydrogens (primary N) is 2. The van der Waals surface area contributed by atoms with Crippen LogP contribution in [-0.2, 0) is 9.47 Å². The average molecular weight is 425 g/mol. The molecule has 1 aromatic rings. The number of carbonyl (C=O) groups is 1. The fourth-order valence-corrected chi connectivity index (χ4v) is 4.95. The van der Waals surface area contributed by atoms with Crippen molar-refractivity contribution in [3.05, 3.63) is 77.4 Å². The Labute approximate surface area is 179 Å². The van der Waals surface area contributed by atoms with Crippen molar-refractivity contribution in [3.8, 4) is 0 Å². The van der Waals surface area contributed by atoms with E-state index in [4.69, 9.17) is 20.9 Å². The summed E-state index contributed by atoms with van der Waals surface area (Å²) in [5.41, 5.74) is 14.4. The Kier molecular flexibility index (Phi) is 5.96. The summed E-state index contributed by atoms with van der Waals surface area (Å²) in [5, 5.41) is 3.30. The highest BCUT2D eigenvalue weighted by Crippen LogP contribution is 2.40. The van der Waals surface area contributed by atoms with Crippen LogP contribution in [-0.4, -0.2) is 36.4 Å². The number of hydrogen-bond donors (Lipinski definition) is 3. The second-order valence-corrected chi connectivity index (χ2v) is 8.29. The third-order valence-electron chi connectivity index (χ3n) is 5.13. The Morgan fingerprint density at radius 3 is 2.97 bits per heavy atom. The lowest BCUT2D eigenvalue weighted by Crippen LogP contribution is -2.42. The smallest absolute Gasteiger partial charge is 0.249 e. The van der Waals surface area contributed by atoms with E-state index in [-0.39, 0.29) is 11.3 Å². The Morgan fingerprint density at radius 2 is 2.17 bits per heavy atom. The second-order valence-electron chi connectivity index (χ2n) is 7.10. The number of amidine groups is 1. The van der Waals surface area contributed by atoms with Gasteiger partial charge < -0.3 is 26.3 Å². The summed E-state index contributed by atoms with van der Waals surface area (Å²) in [6.07, 6.45) is 7.23. The Hall–Kier alpha value is -2.97. The van der Waals surface area contributed by atoms with Crippen LogP contribution in [0.1, 0.15) is 28.8 Å². The molecule has 0 saturated heterocycles. The van der Waals surface area contributed by atoms with Crippen LogP contribution in [0.4, 0.5) is 0 Å². The number of primary amides is 1. The topological polar surface area (TPSA) is 112 Å². The Bertz CT molecular complexity index is 996. The van der Waals surface area contributed by atoms with Gasteiger partial charge in [-0.1, -0.05) is 30.9 Å². The van der Waals surface area contributed by atoms with Crippen LogP contribution in [0.3, 0.4) is 0 Å². The van der Waals surface area contributed by atoms with Crippen molar-refractivity contribution >= 4 is 28.4 Å². The van der Waals surface area contributed by atoms with E-state index in [1.807, 2.05) is 24.3 Å². The molecule has 0 radical (unpaired) electrons. The molecule has 0 saturated carbocycles. The van der Waals surface area contributed by atoms with Gasteiger partial charge in [-0.05, 0) is 24.1 Å². The van der Waals surface area contributed by atoms with E-state index in [1.165, 1.54) is 11.8 Å². The van der Waals surface area contributed by atoms with Gasteiger partial charge in [-0.3, -0.25) is 4.79 Å². The first-order chi connectivity index (χ1) is 14.6. The maximum absolute atomic E-state index is 11.8. The lowest BCUT2D eigenvalue weighted by Gasteiger charge is -2.21. The number of nitrogens with one attached hydrogen (secondary N) is 1. The van der Waals surface area contributed by atoms with Gasteiger partial charge in [-0.2, -0.15) is 0 Å². The van der Waals surface area contributed by atoms with Crippen molar-refractivity contribution in [1.29, 1.82) is 0 Å². The molecule has 7 nitrogen and oxygen atoms in total. The number of benzene rings is 1. The molecule has 1 amide bonds. The van der Waals surface area contributed by atoms with E-state index >= 15 is 0 Å². The van der Waals surface area contributed by atoms with Crippen molar-refractivity contribution < 1.29 is 14.3 Å². The number of allylic oxidation sites excluding steroid dienone is 2. The Balaban J connectivity index is 1.48. The van der Waals surface area contributed by atoms with E-state index in [0.29, 0.717) is 18.9 Å². The highest BCUT2D eigenvalue weighted by atomic mass is 32.2. The van der Waals surface area contributed by atoms with Gasteiger partial charge in [-0.15, -0.1) is 11.8 Å². The van der Waals surface area contributed by atoms with Crippen molar-refractivity contribution in [2.24, 2.45) is 16.5 Å². The number of amides is 1. The van der Waals surface area contributed by atoms with Gasteiger partial charge >= 0.3 is 0 Å². The van der Waals surface area contributed by atoms with Crippen LogP contribution in [0.2, 0.25) is 0 Å². The van der Waals surface area contributed by atoms with Crippen molar-refractivity contribution in [2.45, 2.75) is 24.1 Å². The summed E-state index contributed by atoms with van der Waals surface area (Å²) in [5.74, 6) is 2.03. The number of rotatable bonds is 6. The molecule has 0 aromatic heterocycles. The van der Waals surface area contributed by atoms with Crippen LogP contribution in [0.15, 0.2) is 71.3 Å². The van der Waals surface area contributed by atoms with Gasteiger partial charge in [0, 0.05) is 41.2 Å². The number of ether oxygens (including phenoxy) is 2. The summed E-state index contributed by atoms with van der Waals surface area (Å²) in [7, 11) is 0. The summed E-state index contributed by atoms with van der Waals surface area (Å²) in [6.45, 7) is 4.66. The van der Waals surface area contributed by atoms with Crippen LogP contribution in [0.25, 0.3) is 4.91 Å². The predicted molar refractivity (Wildman–Crippen MR) is 119 cm³/mol. The maximum atomic E-state index is 11.8. The molecular formula is C22H24N4O3S. The van der Waals surface area contributed by atoms with Crippen LogP contribution < -0.4 is 16.8 Å². The predicted octanol–water partition coefficient (Wildman–Crippen LogP) is 2.64. The number of nitrogens with zero attached hydrogens (tertiary/aromatic N) is 1. The average Bonchev–Trinajstić information content (AvgIpc) is 3.37. The van der Waals surface area contributed by atoms with Gasteiger partial charge in [0.15, 0.2) is 5.76 Å². The summed E-state index contributed by atoms with van der Waals surface area (Å²) >= 11 is 1.57. The van der Waals surface area contributed by atoms with Crippen molar-refractivity contribution in [3.63, 3.8) is 0 Å². The molecule has 0 bridgehead atoms. The molecular weight excluding hydrogens is 400 g/mol. The number of thioether (sulfide) groups is 1. The molecule has 2 aliphatic heterocycles. The van der Waals surface area contributed by atoms with Crippen LogP contribution in [0, 0.1) is 0 Å². The van der Waals surface area contributed by atoms with E-state index in [0.717, 1.165) is 40.7 Å². The SMILES string of the molecule is C=C/N=C(/NCC1=CC2=C(CC1)OCO2)C1SC(c2ccccc2C(N)=O)=CC1N. The first kappa shape index (κ1) is 20.3. The summed E-state index contributed by atoms with van der Waals surface area (Å²) < 4.78 is 10.9. The molecule has 30 heavy (non-hydrogen) atoms. The maximum Gasteiger partial charge on any atom is 0.249 e. The summed E-state index contributed by atoms with van der Waals surface area (Å²) in [4.78, 5) is 17.2. The molecule has 1 aliphatic carbocycles. The highest BCUT2D eigenvalue weighted by Gasteiger charge is 2.32. The highest BCUT2D eigenvalue weighted by molar-refractivity contribution is 8.09. The largest absolute Gasteiger partial charge is 0.458 e. The molecule has 5 N–H and O–H groups in total. The Morgan fingerprint density at radius 1 is 1.33 bits per heavy atom. The fourth-order valence-electron chi connectivity index (χ4n) is 3.65. The van der Waals surface area contributed by atoms with Gasteiger partial charge in [0.25, 0.3) is 0 Å². The van der Waals surface area contributed by atoms with E-state index in [1.54, 1.807) is 23.9 Å². The molecule has 8 heteroatoms. The quantitative estimate of drug-likeness (QED) is 0.478. The third kappa shape index (κ3) is 4.15. The number of hydrogen-bond acceptors (Lipinski definition) is 6. The standard InChI is InChI=1S/C22H24N4O3S/c1-2-25-22(26-11-13-7-8-17-18(9-13)29-12-28-17)20-16(23)10-19(30-20)14-5-3-4-6-15(14)21(24)27/h2-6,9-10,16,20H,1,7-8,11-12,23H2,(H2,24,27)(H,25,26). The minimum Gasteiger partial charge on any atom is -0.458 e. The normalized spacial score (nSPS) is 23.2. The minimum absolute atomic E-state index is 0.121. The zero-order chi connectivity index (χ0) is 21.1. The molecule has 2 unspecified atom stereocenters. The van der Waals surface area contributed by atoms with Gasteiger partial charge in [0.1, 0.15) is 11.6 Å². The zero-order valence-corrected chi connectivity index (χ0v) is 17.3. The molecule has 3 aliphatic rings. The van der Waals surface area contributed by atoms with E-state index < -0.39 is 5.91 Å². The first-order valence-corrected chi connectivity index (χ1v) is 10.6. The lowest BCUT2D eigenvalue weighted by molar-refractivity contribution is 0.0729. The first-order valence-electron chi connectivity index (χ1n) is 9.70. The van der Waals surface area contributed by atoms with Crippen LogP contribution >= 0.6 is 11.8 Å². The zero-order valence-electron chi connectivity index (χ0n) is 16.5. The van der Waals surface area contributed by atoms with Gasteiger partial charge in [0.05, 0.1) is 5.25 Å². The molecule has 2 atom stereocenters. The van der Waals surface area contributed by atoms with Gasteiger partial charge in [-0.25, -0.2) is 4.99 Å². The molecule has 0 spiro atoms. The van der Waals surface area contributed by atoms with E-state index in [9.17, 15) is 4.79 Å². The van der Waals surface area contributed by atoms with Crippen molar-refractivity contribution in [2.75, 3.05) is 13.3 Å². The molecule has 0 fully saturated rings. The molecule has 1 aromatic carbocycles. The fraction of sp³-hybridized carbons (Fsp3) is 0.273. The molecule has 2 heterocycles. The monoisotopic (exact) mass is 424 g/mol. The molecule has 4 rings (SSSR count). The lowest BCUT2D eigenvalue weighted by atomic mass is 10.0. The summed E-state index contributed by atoms with van der Waals surface area (Å²) in [6, 6.07) is 7.02. The van der Waals surface area contributed by atoms with Crippen LogP contribution in [0.5, 0.6) is 0 Å². The number of aliphatic imine (C=N–C) groups is 1. The number of carbonyl (C=O) groups excluding carboxylic acids is 1. The minimum atomic E-state index is -0.460. The van der Waals surface area contributed by atoms with Crippen molar-refractivity contribution in [1.82, 2.24) is 5.32 Å². The second kappa shape index (κ2) is 8.81. The third-order valence-corrected chi connectivity index (χ3v) is 6.53. The van der Waals surface area contributed by atoms with E-state index in [2.05, 4.69) is 16.9 Å². The molecule has 156 valence electrons.